The first kappa shape index (κ1) is 15.7. The van der Waals surface area contributed by atoms with Crippen molar-refractivity contribution in [2.75, 3.05) is 31.6 Å². The van der Waals surface area contributed by atoms with Crippen LogP contribution in [-0.4, -0.2) is 47.9 Å². The van der Waals surface area contributed by atoms with Gasteiger partial charge >= 0.3 is 6.09 Å². The standard InChI is InChI=1S/C15H23N3O3/c1-15(2,3)21-14(19)17-13-10-12(4-5-16-13)11-18-6-8-20-9-7-18/h4-5,10H,6-9,11H2,1-3H3,(H,16,17,19). The summed E-state index contributed by atoms with van der Waals surface area (Å²) in [7, 11) is 0. The molecule has 1 aliphatic heterocycles. The van der Waals surface area contributed by atoms with Gasteiger partial charge in [-0.1, -0.05) is 0 Å². The average Bonchev–Trinajstić information content (AvgIpc) is 2.38. The van der Waals surface area contributed by atoms with Gasteiger partial charge in [-0.2, -0.15) is 0 Å². The van der Waals surface area contributed by atoms with Gasteiger partial charge in [-0.25, -0.2) is 9.78 Å². The van der Waals surface area contributed by atoms with Crippen LogP contribution in [0.3, 0.4) is 0 Å². The highest BCUT2D eigenvalue weighted by atomic mass is 16.6. The van der Waals surface area contributed by atoms with E-state index in [-0.39, 0.29) is 0 Å². The molecule has 1 N–H and O–H groups in total. The highest BCUT2D eigenvalue weighted by molar-refractivity contribution is 5.83. The Bertz CT molecular complexity index is 479. The first-order chi connectivity index (χ1) is 9.92. The molecule has 0 bridgehead atoms. The summed E-state index contributed by atoms with van der Waals surface area (Å²) in [4.78, 5) is 18.2. The molecular weight excluding hydrogens is 270 g/mol. The number of nitrogens with zero attached hydrogens (tertiary/aromatic N) is 2. The third-order valence-electron chi connectivity index (χ3n) is 2.96. The minimum absolute atomic E-state index is 0.487. The van der Waals surface area contributed by atoms with Gasteiger partial charge in [0.25, 0.3) is 0 Å². The molecule has 0 unspecified atom stereocenters. The maximum absolute atomic E-state index is 11.7. The molecule has 0 aromatic carbocycles. The minimum Gasteiger partial charge on any atom is -0.444 e. The summed E-state index contributed by atoms with van der Waals surface area (Å²) >= 11 is 0. The Morgan fingerprint density at radius 1 is 1.43 bits per heavy atom. The van der Waals surface area contributed by atoms with Gasteiger partial charge < -0.3 is 9.47 Å². The van der Waals surface area contributed by atoms with Crippen LogP contribution in [0.25, 0.3) is 0 Å². The molecular formula is C15H23N3O3. The third kappa shape index (κ3) is 5.69. The van der Waals surface area contributed by atoms with Crippen LogP contribution < -0.4 is 5.32 Å². The Balaban J connectivity index is 1.92. The lowest BCUT2D eigenvalue weighted by atomic mass is 10.2. The van der Waals surface area contributed by atoms with Crippen LogP contribution in [0, 0.1) is 0 Å². The van der Waals surface area contributed by atoms with E-state index < -0.39 is 11.7 Å². The number of pyridine rings is 1. The minimum atomic E-state index is -0.518. The second-order valence-corrected chi connectivity index (χ2v) is 6.06. The normalized spacial score (nSPS) is 16.5. The predicted molar refractivity (Wildman–Crippen MR) is 80.2 cm³/mol. The monoisotopic (exact) mass is 293 g/mol. The molecule has 2 rings (SSSR count). The lowest BCUT2D eigenvalue weighted by molar-refractivity contribution is 0.0342. The van der Waals surface area contributed by atoms with Gasteiger partial charge in [0.05, 0.1) is 13.2 Å². The van der Waals surface area contributed by atoms with Crippen LogP contribution in [0.15, 0.2) is 18.3 Å². The molecule has 0 aliphatic carbocycles. The van der Waals surface area contributed by atoms with Crippen molar-refractivity contribution < 1.29 is 14.3 Å². The van der Waals surface area contributed by atoms with Crippen molar-refractivity contribution in [1.29, 1.82) is 0 Å². The number of rotatable bonds is 3. The smallest absolute Gasteiger partial charge is 0.413 e. The van der Waals surface area contributed by atoms with Gasteiger partial charge in [-0.15, -0.1) is 0 Å². The van der Waals surface area contributed by atoms with E-state index in [9.17, 15) is 4.79 Å². The van der Waals surface area contributed by atoms with Crippen molar-refractivity contribution in [1.82, 2.24) is 9.88 Å². The molecule has 0 radical (unpaired) electrons. The molecule has 1 amide bonds. The summed E-state index contributed by atoms with van der Waals surface area (Å²) in [6.45, 7) is 9.71. The lowest BCUT2D eigenvalue weighted by Gasteiger charge is -2.26. The van der Waals surface area contributed by atoms with Crippen LogP contribution in [0.5, 0.6) is 0 Å². The second kappa shape index (κ2) is 6.87. The van der Waals surface area contributed by atoms with E-state index in [4.69, 9.17) is 9.47 Å². The molecule has 1 aromatic rings. The molecule has 6 nitrogen and oxygen atoms in total. The van der Waals surface area contributed by atoms with Crippen molar-refractivity contribution in [3.8, 4) is 0 Å². The Labute approximate surface area is 125 Å². The van der Waals surface area contributed by atoms with Gasteiger partial charge in [0.15, 0.2) is 0 Å². The number of carbonyl (C=O) groups excluding carboxylic acids is 1. The molecule has 116 valence electrons. The fourth-order valence-electron chi connectivity index (χ4n) is 2.07. The molecule has 0 atom stereocenters. The zero-order valence-corrected chi connectivity index (χ0v) is 12.9. The second-order valence-electron chi connectivity index (χ2n) is 6.06. The lowest BCUT2D eigenvalue weighted by Crippen LogP contribution is -2.35. The Kier molecular flexibility index (Phi) is 5.14. The van der Waals surface area contributed by atoms with Crippen LogP contribution in [-0.2, 0) is 16.0 Å². The van der Waals surface area contributed by atoms with Gasteiger partial charge in [0, 0.05) is 25.8 Å². The number of anilines is 1. The van der Waals surface area contributed by atoms with Crippen molar-refractivity contribution in [3.05, 3.63) is 23.9 Å². The highest BCUT2D eigenvalue weighted by Gasteiger charge is 2.17. The molecule has 1 saturated heterocycles. The van der Waals surface area contributed by atoms with E-state index in [1.54, 1.807) is 6.20 Å². The first-order valence-electron chi connectivity index (χ1n) is 7.17. The molecule has 0 saturated carbocycles. The van der Waals surface area contributed by atoms with Crippen LogP contribution in [0.1, 0.15) is 26.3 Å². The SMILES string of the molecule is CC(C)(C)OC(=O)Nc1cc(CN2CCOCC2)ccn1. The van der Waals surface area contributed by atoms with Gasteiger partial charge in [0.2, 0.25) is 0 Å². The topological polar surface area (TPSA) is 63.7 Å². The first-order valence-corrected chi connectivity index (χ1v) is 7.17. The molecule has 2 heterocycles. The fourth-order valence-corrected chi connectivity index (χ4v) is 2.07. The summed E-state index contributed by atoms with van der Waals surface area (Å²) in [6.07, 6.45) is 1.21. The number of morpholine rings is 1. The maximum Gasteiger partial charge on any atom is 0.413 e. The number of hydrogen-bond donors (Lipinski definition) is 1. The predicted octanol–water partition coefficient (Wildman–Crippen LogP) is 2.26. The van der Waals surface area contributed by atoms with Crippen molar-refractivity contribution >= 4 is 11.9 Å². The number of nitrogens with one attached hydrogen (secondary N) is 1. The highest BCUT2D eigenvalue weighted by Crippen LogP contribution is 2.13. The molecule has 1 aliphatic rings. The maximum atomic E-state index is 11.7. The van der Waals surface area contributed by atoms with E-state index in [0.29, 0.717) is 5.82 Å². The van der Waals surface area contributed by atoms with Crippen LogP contribution in [0.2, 0.25) is 0 Å². The number of aromatic nitrogens is 1. The molecule has 1 aromatic heterocycles. The summed E-state index contributed by atoms with van der Waals surface area (Å²) in [6, 6.07) is 3.83. The molecule has 6 heteroatoms. The third-order valence-corrected chi connectivity index (χ3v) is 2.96. The molecule has 21 heavy (non-hydrogen) atoms. The molecule has 1 fully saturated rings. The van der Waals surface area contributed by atoms with Crippen LogP contribution in [0.4, 0.5) is 10.6 Å². The zero-order chi connectivity index (χ0) is 15.3. The average molecular weight is 293 g/mol. The fraction of sp³-hybridized carbons (Fsp3) is 0.600. The number of ether oxygens (including phenoxy) is 2. The number of amides is 1. The van der Waals surface area contributed by atoms with E-state index in [1.807, 2.05) is 32.9 Å². The number of hydrogen-bond acceptors (Lipinski definition) is 5. The summed E-state index contributed by atoms with van der Waals surface area (Å²) in [5, 5.41) is 2.66. The zero-order valence-electron chi connectivity index (χ0n) is 12.9. The van der Waals surface area contributed by atoms with Crippen LogP contribution >= 0.6 is 0 Å². The van der Waals surface area contributed by atoms with Gasteiger partial charge in [0.1, 0.15) is 11.4 Å². The van der Waals surface area contributed by atoms with E-state index in [2.05, 4.69) is 15.2 Å². The van der Waals surface area contributed by atoms with E-state index in [0.717, 1.165) is 38.4 Å². The molecule has 0 spiro atoms. The summed E-state index contributed by atoms with van der Waals surface area (Å²) in [5.74, 6) is 0.509. The van der Waals surface area contributed by atoms with Crippen molar-refractivity contribution in [2.45, 2.75) is 32.9 Å². The quantitative estimate of drug-likeness (QED) is 0.926. The van der Waals surface area contributed by atoms with E-state index >= 15 is 0 Å². The van der Waals surface area contributed by atoms with Gasteiger partial charge in [-0.05, 0) is 38.5 Å². The Hall–Kier alpha value is -1.66. The largest absolute Gasteiger partial charge is 0.444 e. The number of carbonyl (C=O) groups is 1. The van der Waals surface area contributed by atoms with Crippen molar-refractivity contribution in [3.63, 3.8) is 0 Å². The van der Waals surface area contributed by atoms with Crippen molar-refractivity contribution in [2.24, 2.45) is 0 Å². The Morgan fingerprint density at radius 2 is 2.14 bits per heavy atom. The summed E-state index contributed by atoms with van der Waals surface area (Å²) in [5.41, 5.74) is 0.591. The van der Waals surface area contributed by atoms with Gasteiger partial charge in [-0.3, -0.25) is 10.2 Å². The van der Waals surface area contributed by atoms with E-state index in [1.165, 1.54) is 0 Å². The Morgan fingerprint density at radius 3 is 2.81 bits per heavy atom. The summed E-state index contributed by atoms with van der Waals surface area (Å²) < 4.78 is 10.5.